The molecule has 1 atom stereocenters. The predicted octanol–water partition coefficient (Wildman–Crippen LogP) is 2.19. The summed E-state index contributed by atoms with van der Waals surface area (Å²) in [5, 5.41) is 6.83. The third-order valence-electron chi connectivity index (χ3n) is 5.70. The lowest BCUT2D eigenvalue weighted by atomic mass is 9.79. The Kier molecular flexibility index (Phi) is 4.53. The van der Waals surface area contributed by atoms with Crippen molar-refractivity contribution < 1.29 is 19.1 Å². The molecule has 0 spiro atoms. The number of anilines is 1. The van der Waals surface area contributed by atoms with Crippen LogP contribution in [0.1, 0.15) is 47.0 Å². The first-order valence-electron chi connectivity index (χ1n) is 9.92. The summed E-state index contributed by atoms with van der Waals surface area (Å²) in [7, 11) is 0. The zero-order chi connectivity index (χ0) is 20.1. The number of nitrogens with one attached hydrogen (secondary N) is 2. The fourth-order valence-electron chi connectivity index (χ4n) is 4.93. The van der Waals surface area contributed by atoms with Crippen LogP contribution in [-0.4, -0.2) is 42.3 Å². The molecule has 3 aliphatic rings. The van der Waals surface area contributed by atoms with Gasteiger partial charge in [0.05, 0.1) is 5.92 Å². The van der Waals surface area contributed by atoms with Gasteiger partial charge in [-0.05, 0) is 52.7 Å². The number of piperidine rings is 1. The van der Waals surface area contributed by atoms with Gasteiger partial charge in [-0.1, -0.05) is 0 Å². The molecule has 0 aromatic heterocycles. The quantitative estimate of drug-likeness (QED) is 0.831. The van der Waals surface area contributed by atoms with E-state index >= 15 is 0 Å². The van der Waals surface area contributed by atoms with E-state index in [2.05, 4.69) is 38.3 Å². The van der Waals surface area contributed by atoms with Crippen molar-refractivity contribution in [2.75, 3.05) is 18.2 Å². The maximum Gasteiger partial charge on any atom is 0.231 e. The molecule has 0 radical (unpaired) electrons. The van der Waals surface area contributed by atoms with Gasteiger partial charge in [0.25, 0.3) is 0 Å². The molecule has 7 nitrogen and oxygen atoms in total. The van der Waals surface area contributed by atoms with Crippen molar-refractivity contribution in [2.45, 2.75) is 64.1 Å². The molecule has 3 heterocycles. The topological polar surface area (TPSA) is 79.9 Å². The highest BCUT2D eigenvalue weighted by Crippen LogP contribution is 2.37. The largest absolute Gasteiger partial charge is 0.454 e. The number of benzene rings is 1. The van der Waals surface area contributed by atoms with Gasteiger partial charge in [0, 0.05) is 41.8 Å². The molecule has 2 amide bonds. The lowest BCUT2D eigenvalue weighted by Gasteiger charge is -2.46. The fraction of sp³-hybridized carbons (Fsp3) is 0.619. The molecule has 1 aromatic carbocycles. The highest BCUT2D eigenvalue weighted by Gasteiger charge is 2.41. The van der Waals surface area contributed by atoms with E-state index in [0.29, 0.717) is 18.0 Å². The molecule has 1 unspecified atom stereocenters. The van der Waals surface area contributed by atoms with Crippen LogP contribution in [0, 0.1) is 5.92 Å². The number of carbonyl (C=O) groups excluding carboxylic acids is 2. The highest BCUT2D eigenvalue weighted by molar-refractivity contribution is 6.00. The summed E-state index contributed by atoms with van der Waals surface area (Å²) in [4.78, 5) is 27.1. The molecule has 4 rings (SSSR count). The van der Waals surface area contributed by atoms with Gasteiger partial charge >= 0.3 is 0 Å². The maximum atomic E-state index is 12.9. The maximum absolute atomic E-state index is 12.9. The van der Waals surface area contributed by atoms with Crippen LogP contribution >= 0.6 is 0 Å². The van der Waals surface area contributed by atoms with Crippen molar-refractivity contribution in [3.05, 3.63) is 18.2 Å². The minimum Gasteiger partial charge on any atom is -0.454 e. The number of hydrogen-bond acceptors (Lipinski definition) is 5. The monoisotopic (exact) mass is 387 g/mol. The van der Waals surface area contributed by atoms with Crippen molar-refractivity contribution in [3.63, 3.8) is 0 Å². The second kappa shape index (κ2) is 6.65. The van der Waals surface area contributed by atoms with E-state index in [1.54, 1.807) is 17.0 Å². The lowest BCUT2D eigenvalue weighted by molar-refractivity contribution is -0.127. The zero-order valence-corrected chi connectivity index (χ0v) is 17.0. The summed E-state index contributed by atoms with van der Waals surface area (Å²) in [5.41, 5.74) is 0.668. The summed E-state index contributed by atoms with van der Waals surface area (Å²) < 4.78 is 10.7. The van der Waals surface area contributed by atoms with E-state index in [4.69, 9.17) is 9.47 Å². The minimum absolute atomic E-state index is 0.0323. The second-order valence-corrected chi connectivity index (χ2v) is 9.45. The van der Waals surface area contributed by atoms with Crippen LogP contribution in [0.5, 0.6) is 11.5 Å². The Morgan fingerprint density at radius 3 is 2.54 bits per heavy atom. The minimum atomic E-state index is -0.334. The van der Waals surface area contributed by atoms with Gasteiger partial charge in [-0.3, -0.25) is 9.59 Å². The SMILES string of the molecule is CC1(C)CC(NC(=O)C2CC(=O)N(c3ccc4c(c3)OCO4)C2)CC(C)(C)N1. The molecular formula is C21H29N3O4. The van der Waals surface area contributed by atoms with E-state index < -0.39 is 0 Å². The Hall–Kier alpha value is -2.28. The summed E-state index contributed by atoms with van der Waals surface area (Å²) in [6.07, 6.45) is 1.97. The molecule has 2 N–H and O–H groups in total. The Labute approximate surface area is 165 Å². The van der Waals surface area contributed by atoms with E-state index in [1.165, 1.54) is 0 Å². The molecule has 1 aromatic rings. The van der Waals surface area contributed by atoms with E-state index in [1.807, 2.05) is 6.07 Å². The molecule has 0 saturated carbocycles. The van der Waals surface area contributed by atoms with Crippen LogP contribution in [0.25, 0.3) is 0 Å². The first-order chi connectivity index (χ1) is 13.1. The van der Waals surface area contributed by atoms with E-state index in [0.717, 1.165) is 18.5 Å². The van der Waals surface area contributed by atoms with Gasteiger partial charge in [-0.15, -0.1) is 0 Å². The van der Waals surface area contributed by atoms with Gasteiger partial charge in [-0.2, -0.15) is 0 Å². The van der Waals surface area contributed by atoms with E-state index in [-0.39, 0.29) is 48.1 Å². The third kappa shape index (κ3) is 3.81. The van der Waals surface area contributed by atoms with Crippen LogP contribution in [-0.2, 0) is 9.59 Å². The van der Waals surface area contributed by atoms with Crippen LogP contribution in [0.15, 0.2) is 18.2 Å². The molecule has 2 fully saturated rings. The molecule has 2 saturated heterocycles. The summed E-state index contributed by atoms with van der Waals surface area (Å²) in [5.74, 6) is 0.914. The van der Waals surface area contributed by atoms with Crippen LogP contribution in [0.2, 0.25) is 0 Å². The molecule has 152 valence electrons. The molecule has 28 heavy (non-hydrogen) atoms. The van der Waals surface area contributed by atoms with Gasteiger partial charge in [-0.25, -0.2) is 0 Å². The highest BCUT2D eigenvalue weighted by atomic mass is 16.7. The Balaban J connectivity index is 1.42. The van der Waals surface area contributed by atoms with Crippen molar-refractivity contribution in [2.24, 2.45) is 5.92 Å². The Morgan fingerprint density at radius 2 is 1.82 bits per heavy atom. The Morgan fingerprint density at radius 1 is 1.14 bits per heavy atom. The molecule has 0 bridgehead atoms. The smallest absolute Gasteiger partial charge is 0.231 e. The number of nitrogens with zero attached hydrogens (tertiary/aromatic N) is 1. The van der Waals surface area contributed by atoms with E-state index in [9.17, 15) is 9.59 Å². The fourth-order valence-corrected chi connectivity index (χ4v) is 4.93. The number of rotatable bonds is 3. The molecule has 0 aliphatic carbocycles. The van der Waals surface area contributed by atoms with Crippen LogP contribution in [0.3, 0.4) is 0 Å². The summed E-state index contributed by atoms with van der Waals surface area (Å²) in [6, 6.07) is 5.55. The van der Waals surface area contributed by atoms with Gasteiger partial charge in [0.15, 0.2) is 11.5 Å². The molecule has 7 heteroatoms. The third-order valence-corrected chi connectivity index (χ3v) is 5.70. The number of carbonyl (C=O) groups is 2. The first kappa shape index (κ1) is 19.1. The van der Waals surface area contributed by atoms with Crippen molar-refractivity contribution in [1.29, 1.82) is 0 Å². The second-order valence-electron chi connectivity index (χ2n) is 9.45. The number of amides is 2. The molecular weight excluding hydrogens is 358 g/mol. The standard InChI is InChI=1S/C21H29N3O4/c1-20(2)9-14(10-21(3,4)23-20)22-19(26)13-7-18(25)24(11-13)15-5-6-16-17(8-15)28-12-27-16/h5-6,8,13-14,23H,7,9-12H2,1-4H3,(H,22,26). The average Bonchev–Trinajstić information content (AvgIpc) is 3.17. The number of hydrogen-bond donors (Lipinski definition) is 2. The summed E-state index contributed by atoms with van der Waals surface area (Å²) >= 11 is 0. The van der Waals surface area contributed by atoms with Crippen molar-refractivity contribution in [1.82, 2.24) is 10.6 Å². The van der Waals surface area contributed by atoms with Crippen LogP contribution < -0.4 is 25.0 Å². The molecule has 3 aliphatic heterocycles. The first-order valence-corrected chi connectivity index (χ1v) is 9.92. The average molecular weight is 387 g/mol. The summed E-state index contributed by atoms with van der Waals surface area (Å²) in [6.45, 7) is 9.23. The predicted molar refractivity (Wildman–Crippen MR) is 105 cm³/mol. The van der Waals surface area contributed by atoms with Gasteiger partial charge in [0.1, 0.15) is 0 Å². The van der Waals surface area contributed by atoms with Crippen molar-refractivity contribution in [3.8, 4) is 11.5 Å². The lowest BCUT2D eigenvalue weighted by Crippen LogP contribution is -2.62. The zero-order valence-electron chi connectivity index (χ0n) is 17.0. The van der Waals surface area contributed by atoms with Crippen LogP contribution in [0.4, 0.5) is 5.69 Å². The number of fused-ring (bicyclic) bond motifs is 1. The van der Waals surface area contributed by atoms with Gasteiger partial charge < -0.3 is 25.0 Å². The van der Waals surface area contributed by atoms with Crippen molar-refractivity contribution >= 4 is 17.5 Å². The Bertz CT molecular complexity index is 789. The number of ether oxygens (including phenoxy) is 2. The van der Waals surface area contributed by atoms with Gasteiger partial charge in [0.2, 0.25) is 18.6 Å². The normalized spacial score (nSPS) is 25.8.